The van der Waals surface area contributed by atoms with Crippen LogP contribution in [0.4, 0.5) is 0 Å². The van der Waals surface area contributed by atoms with E-state index in [1.165, 1.54) is 36.8 Å². The molecule has 3 heteroatoms. The van der Waals surface area contributed by atoms with Gasteiger partial charge in [0.25, 0.3) is 0 Å². The molecule has 2 nitrogen and oxygen atoms in total. The number of rotatable bonds is 4. The fourth-order valence-corrected chi connectivity index (χ4v) is 3.00. The molecule has 2 fully saturated rings. The molecule has 0 aromatic heterocycles. The van der Waals surface area contributed by atoms with Crippen LogP contribution in [0.2, 0.25) is 0 Å². The molecule has 2 saturated carbocycles. The lowest BCUT2D eigenvalue weighted by molar-refractivity contribution is 0.295. The summed E-state index contributed by atoms with van der Waals surface area (Å²) in [5, 5.41) is 0. The number of hydrogen-bond donors (Lipinski definition) is 1. The molecule has 0 heterocycles. The van der Waals surface area contributed by atoms with Crippen LogP contribution >= 0.6 is 15.9 Å². The topological polar surface area (TPSA) is 35.2 Å². The molecule has 2 aliphatic rings. The molecule has 0 amide bonds. The summed E-state index contributed by atoms with van der Waals surface area (Å²) in [6, 6.07) is 4.39. The molecule has 0 bridgehead atoms. The van der Waals surface area contributed by atoms with E-state index in [4.69, 9.17) is 10.5 Å². The highest BCUT2D eigenvalue weighted by Gasteiger charge is 2.46. The third-order valence-corrected chi connectivity index (χ3v) is 4.40. The van der Waals surface area contributed by atoms with Gasteiger partial charge in [0, 0.05) is 17.5 Å². The van der Waals surface area contributed by atoms with Gasteiger partial charge in [0.05, 0.1) is 10.6 Å². The lowest BCUT2D eigenvalue weighted by Gasteiger charge is -2.20. The molecule has 2 N–H and O–H groups in total. The smallest absolute Gasteiger partial charge is 0.137 e. The standard InChI is InChI=1S/C14H18BrNO/c1-9-6-11(14(8-16)4-5-14)13(12(15)7-9)17-10-2-3-10/h6-7,10H,2-5,8,16H2,1H3. The second-order valence-corrected chi connectivity index (χ2v) is 6.28. The minimum Gasteiger partial charge on any atom is -0.489 e. The third-order valence-electron chi connectivity index (χ3n) is 3.81. The van der Waals surface area contributed by atoms with E-state index in [1.54, 1.807) is 0 Å². The fraction of sp³-hybridized carbons (Fsp3) is 0.571. The average Bonchev–Trinajstić information content (AvgIpc) is 3.15. The Kier molecular flexibility index (Phi) is 2.71. The number of nitrogens with two attached hydrogens (primary N) is 1. The predicted octanol–water partition coefficient (Wildman–Crippen LogP) is 3.29. The van der Waals surface area contributed by atoms with E-state index < -0.39 is 0 Å². The van der Waals surface area contributed by atoms with Gasteiger partial charge in [0.2, 0.25) is 0 Å². The van der Waals surface area contributed by atoms with Crippen LogP contribution in [0.15, 0.2) is 16.6 Å². The van der Waals surface area contributed by atoms with E-state index in [0.717, 1.165) is 16.8 Å². The zero-order valence-corrected chi connectivity index (χ0v) is 11.7. The molecule has 1 aromatic rings. The van der Waals surface area contributed by atoms with Crippen molar-refractivity contribution in [3.05, 3.63) is 27.7 Å². The zero-order valence-electron chi connectivity index (χ0n) is 10.1. The summed E-state index contributed by atoms with van der Waals surface area (Å²) in [6.07, 6.45) is 5.20. The van der Waals surface area contributed by atoms with E-state index in [-0.39, 0.29) is 5.41 Å². The molecular formula is C14H18BrNO. The van der Waals surface area contributed by atoms with Crippen molar-refractivity contribution in [3.8, 4) is 5.75 Å². The zero-order chi connectivity index (χ0) is 12.0. The maximum atomic E-state index is 6.07. The van der Waals surface area contributed by atoms with Crippen molar-refractivity contribution in [1.29, 1.82) is 0 Å². The molecule has 17 heavy (non-hydrogen) atoms. The quantitative estimate of drug-likeness (QED) is 0.925. The van der Waals surface area contributed by atoms with Gasteiger partial charge in [-0.1, -0.05) is 6.07 Å². The first kappa shape index (κ1) is 11.5. The summed E-state index contributed by atoms with van der Waals surface area (Å²) >= 11 is 3.64. The highest BCUT2D eigenvalue weighted by molar-refractivity contribution is 9.10. The fourth-order valence-electron chi connectivity index (χ4n) is 2.33. The molecule has 0 unspecified atom stereocenters. The van der Waals surface area contributed by atoms with Crippen molar-refractivity contribution in [2.75, 3.05) is 6.54 Å². The highest BCUT2D eigenvalue weighted by atomic mass is 79.9. The number of ether oxygens (including phenoxy) is 1. The largest absolute Gasteiger partial charge is 0.489 e. The Bertz CT molecular complexity index is 450. The minimum atomic E-state index is 0.193. The Hall–Kier alpha value is -0.540. The van der Waals surface area contributed by atoms with Gasteiger partial charge in [-0.05, 0) is 60.2 Å². The normalized spacial score (nSPS) is 21.4. The Labute approximate surface area is 111 Å². The molecule has 0 radical (unpaired) electrons. The van der Waals surface area contributed by atoms with Gasteiger partial charge in [-0.3, -0.25) is 0 Å². The van der Waals surface area contributed by atoms with Gasteiger partial charge in [0.15, 0.2) is 0 Å². The SMILES string of the molecule is Cc1cc(Br)c(OC2CC2)c(C2(CN)CC2)c1. The van der Waals surface area contributed by atoms with Crippen molar-refractivity contribution in [2.45, 2.75) is 44.1 Å². The van der Waals surface area contributed by atoms with Crippen LogP contribution in [0.1, 0.15) is 36.8 Å². The monoisotopic (exact) mass is 295 g/mol. The number of halogens is 1. The van der Waals surface area contributed by atoms with Crippen LogP contribution in [-0.4, -0.2) is 12.6 Å². The first-order valence-corrected chi connectivity index (χ1v) is 7.11. The predicted molar refractivity (Wildman–Crippen MR) is 72.5 cm³/mol. The van der Waals surface area contributed by atoms with Crippen molar-refractivity contribution in [1.82, 2.24) is 0 Å². The molecule has 1 aromatic carbocycles. The summed E-state index contributed by atoms with van der Waals surface area (Å²) in [6.45, 7) is 2.85. The Morgan fingerprint density at radius 1 is 1.41 bits per heavy atom. The van der Waals surface area contributed by atoms with Crippen LogP contribution in [0, 0.1) is 6.92 Å². The molecule has 92 valence electrons. The van der Waals surface area contributed by atoms with Crippen LogP contribution in [-0.2, 0) is 5.41 Å². The number of benzene rings is 1. The van der Waals surface area contributed by atoms with E-state index in [2.05, 4.69) is 35.0 Å². The number of hydrogen-bond acceptors (Lipinski definition) is 2. The van der Waals surface area contributed by atoms with Gasteiger partial charge < -0.3 is 10.5 Å². The van der Waals surface area contributed by atoms with Gasteiger partial charge >= 0.3 is 0 Å². The van der Waals surface area contributed by atoms with Crippen LogP contribution < -0.4 is 10.5 Å². The molecular weight excluding hydrogens is 278 g/mol. The first-order valence-electron chi connectivity index (χ1n) is 6.32. The van der Waals surface area contributed by atoms with Gasteiger partial charge in [-0.2, -0.15) is 0 Å². The summed E-state index contributed by atoms with van der Waals surface area (Å²) in [4.78, 5) is 0. The first-order chi connectivity index (χ1) is 8.14. The lowest BCUT2D eigenvalue weighted by Crippen LogP contribution is -2.21. The average molecular weight is 296 g/mol. The Morgan fingerprint density at radius 2 is 2.12 bits per heavy atom. The second-order valence-electron chi connectivity index (χ2n) is 5.43. The molecule has 2 aliphatic carbocycles. The molecule has 0 atom stereocenters. The van der Waals surface area contributed by atoms with E-state index in [9.17, 15) is 0 Å². The summed E-state index contributed by atoms with van der Waals surface area (Å²) < 4.78 is 7.15. The van der Waals surface area contributed by atoms with Crippen molar-refractivity contribution in [3.63, 3.8) is 0 Å². The van der Waals surface area contributed by atoms with Crippen molar-refractivity contribution in [2.24, 2.45) is 5.73 Å². The third kappa shape index (κ3) is 2.11. The second kappa shape index (κ2) is 3.99. The van der Waals surface area contributed by atoms with Gasteiger partial charge in [-0.25, -0.2) is 0 Å². The maximum absolute atomic E-state index is 6.07. The van der Waals surface area contributed by atoms with Crippen LogP contribution in [0.5, 0.6) is 5.75 Å². The lowest BCUT2D eigenvalue weighted by atomic mass is 9.93. The van der Waals surface area contributed by atoms with Gasteiger partial charge in [-0.15, -0.1) is 0 Å². The molecule has 3 rings (SSSR count). The van der Waals surface area contributed by atoms with Crippen molar-refractivity contribution < 1.29 is 4.74 Å². The molecule has 0 spiro atoms. The summed E-state index contributed by atoms with van der Waals surface area (Å²) in [5.41, 5.74) is 8.73. The minimum absolute atomic E-state index is 0.193. The molecule has 0 saturated heterocycles. The highest BCUT2D eigenvalue weighted by Crippen LogP contribution is 2.53. The van der Waals surface area contributed by atoms with Crippen LogP contribution in [0.3, 0.4) is 0 Å². The number of aryl methyl sites for hydroxylation is 1. The van der Waals surface area contributed by atoms with Gasteiger partial charge in [0.1, 0.15) is 5.75 Å². The maximum Gasteiger partial charge on any atom is 0.137 e. The Balaban J connectivity index is 2.03. The van der Waals surface area contributed by atoms with Crippen molar-refractivity contribution >= 4 is 15.9 Å². The summed E-state index contributed by atoms with van der Waals surface area (Å²) in [5.74, 6) is 1.04. The van der Waals surface area contributed by atoms with E-state index in [1.807, 2.05) is 0 Å². The van der Waals surface area contributed by atoms with E-state index >= 15 is 0 Å². The molecule has 0 aliphatic heterocycles. The Morgan fingerprint density at radius 3 is 2.65 bits per heavy atom. The summed E-state index contributed by atoms with van der Waals surface area (Å²) in [7, 11) is 0. The van der Waals surface area contributed by atoms with Crippen LogP contribution in [0.25, 0.3) is 0 Å². The van der Waals surface area contributed by atoms with E-state index in [0.29, 0.717) is 6.10 Å².